The third-order valence-corrected chi connectivity index (χ3v) is 4.63. The molecule has 0 aliphatic carbocycles. The van der Waals surface area contributed by atoms with Crippen LogP contribution in [0.15, 0.2) is 18.2 Å². The van der Waals surface area contributed by atoms with Gasteiger partial charge in [-0.2, -0.15) is 0 Å². The summed E-state index contributed by atoms with van der Waals surface area (Å²) in [7, 11) is 1.72. The molecule has 2 atom stereocenters. The second kappa shape index (κ2) is 6.28. The molecule has 24 heavy (non-hydrogen) atoms. The Morgan fingerprint density at radius 3 is 2.71 bits per heavy atom. The fourth-order valence-electron chi connectivity index (χ4n) is 3.79. The van der Waals surface area contributed by atoms with Crippen molar-refractivity contribution in [1.29, 1.82) is 0 Å². The fraction of sp³-hybridized carbons (Fsp3) is 0.632. The number of nitrogens with zero attached hydrogens (tertiary/aromatic N) is 2. The van der Waals surface area contributed by atoms with Crippen LogP contribution >= 0.6 is 0 Å². The topological polar surface area (TPSA) is 42.0 Å². The van der Waals surface area contributed by atoms with Crippen LogP contribution in [0.25, 0.3) is 0 Å². The molecular weight excluding hydrogens is 304 g/mol. The Morgan fingerprint density at radius 2 is 2.04 bits per heavy atom. The maximum Gasteiger partial charge on any atom is 0.410 e. The molecule has 2 aliphatic heterocycles. The van der Waals surface area contributed by atoms with Crippen molar-refractivity contribution in [2.24, 2.45) is 0 Å². The Bertz CT molecular complexity index is 624. The van der Waals surface area contributed by atoms with Crippen LogP contribution in [0.5, 0.6) is 0 Å². The van der Waals surface area contributed by atoms with Crippen LogP contribution in [0, 0.1) is 0 Å². The lowest BCUT2D eigenvalue weighted by atomic mass is 10.1. The molecule has 5 nitrogen and oxygen atoms in total. The number of methoxy groups -OCH3 is 1. The summed E-state index contributed by atoms with van der Waals surface area (Å²) >= 11 is 0. The normalized spacial score (nSPS) is 23.0. The van der Waals surface area contributed by atoms with E-state index in [0.29, 0.717) is 25.7 Å². The highest BCUT2D eigenvalue weighted by molar-refractivity contribution is 5.70. The van der Waals surface area contributed by atoms with Crippen molar-refractivity contribution < 1.29 is 14.3 Å². The van der Waals surface area contributed by atoms with Crippen molar-refractivity contribution in [2.75, 3.05) is 25.1 Å². The molecule has 0 bridgehead atoms. The highest BCUT2D eigenvalue weighted by Gasteiger charge is 2.40. The van der Waals surface area contributed by atoms with Crippen molar-refractivity contribution in [1.82, 2.24) is 4.90 Å². The smallest absolute Gasteiger partial charge is 0.410 e. The number of benzene rings is 1. The van der Waals surface area contributed by atoms with Gasteiger partial charge in [0, 0.05) is 31.9 Å². The first-order chi connectivity index (χ1) is 11.3. The third kappa shape index (κ3) is 3.36. The lowest BCUT2D eigenvalue weighted by Crippen LogP contribution is -2.58. The Morgan fingerprint density at radius 1 is 1.29 bits per heavy atom. The van der Waals surface area contributed by atoms with Crippen LogP contribution in [0.2, 0.25) is 0 Å². The van der Waals surface area contributed by atoms with E-state index in [0.717, 1.165) is 6.42 Å². The van der Waals surface area contributed by atoms with Gasteiger partial charge in [-0.15, -0.1) is 0 Å². The minimum atomic E-state index is -0.453. The van der Waals surface area contributed by atoms with Gasteiger partial charge in [0.25, 0.3) is 0 Å². The van der Waals surface area contributed by atoms with Gasteiger partial charge in [0.2, 0.25) is 0 Å². The molecule has 1 saturated heterocycles. The SMILES string of the molecule is COCc1ccc2c(c1)N1[C@H](C2)CN(C(=O)OC(C)(C)C)C[C@H]1C. The number of carbonyl (C=O) groups is 1. The van der Waals surface area contributed by atoms with E-state index in [9.17, 15) is 4.79 Å². The van der Waals surface area contributed by atoms with Crippen LogP contribution in [0.4, 0.5) is 10.5 Å². The number of piperazine rings is 1. The number of hydrogen-bond donors (Lipinski definition) is 0. The predicted molar refractivity (Wildman–Crippen MR) is 94.4 cm³/mol. The van der Waals surface area contributed by atoms with E-state index in [1.807, 2.05) is 25.7 Å². The van der Waals surface area contributed by atoms with E-state index in [1.165, 1.54) is 16.8 Å². The first kappa shape index (κ1) is 17.1. The Labute approximate surface area is 144 Å². The summed E-state index contributed by atoms with van der Waals surface area (Å²) < 4.78 is 10.8. The molecule has 0 spiro atoms. The molecule has 2 heterocycles. The summed E-state index contributed by atoms with van der Waals surface area (Å²) in [6.45, 7) is 9.95. The Hall–Kier alpha value is -1.75. The molecule has 3 rings (SSSR count). The van der Waals surface area contributed by atoms with Crippen molar-refractivity contribution in [3.8, 4) is 0 Å². The number of amides is 1. The van der Waals surface area contributed by atoms with E-state index in [2.05, 4.69) is 30.0 Å². The minimum Gasteiger partial charge on any atom is -0.444 e. The molecule has 5 heteroatoms. The molecule has 0 radical (unpaired) electrons. The maximum atomic E-state index is 12.4. The number of fused-ring (bicyclic) bond motifs is 3. The summed E-state index contributed by atoms with van der Waals surface area (Å²) in [5.41, 5.74) is 3.40. The van der Waals surface area contributed by atoms with Gasteiger partial charge in [0.1, 0.15) is 5.60 Å². The van der Waals surface area contributed by atoms with Crippen LogP contribution in [-0.2, 0) is 22.5 Å². The molecule has 0 aromatic heterocycles. The zero-order chi connectivity index (χ0) is 17.5. The number of carbonyl (C=O) groups excluding carboxylic acids is 1. The van der Waals surface area contributed by atoms with Gasteiger partial charge in [0.15, 0.2) is 0 Å². The summed E-state index contributed by atoms with van der Waals surface area (Å²) in [5.74, 6) is 0. The van der Waals surface area contributed by atoms with Gasteiger partial charge < -0.3 is 19.3 Å². The number of hydrogen-bond acceptors (Lipinski definition) is 4. The molecule has 0 saturated carbocycles. The average Bonchev–Trinajstić information content (AvgIpc) is 2.84. The Kier molecular flexibility index (Phi) is 4.47. The number of ether oxygens (including phenoxy) is 2. The highest BCUT2D eigenvalue weighted by atomic mass is 16.6. The first-order valence-corrected chi connectivity index (χ1v) is 8.65. The maximum absolute atomic E-state index is 12.4. The monoisotopic (exact) mass is 332 g/mol. The van der Waals surface area contributed by atoms with Crippen LogP contribution in [-0.4, -0.2) is 48.9 Å². The molecule has 1 aromatic carbocycles. The predicted octanol–water partition coefficient (Wildman–Crippen LogP) is 3.20. The van der Waals surface area contributed by atoms with Crippen LogP contribution in [0.3, 0.4) is 0 Å². The largest absolute Gasteiger partial charge is 0.444 e. The summed E-state index contributed by atoms with van der Waals surface area (Å²) in [6, 6.07) is 7.17. The van der Waals surface area contributed by atoms with Gasteiger partial charge in [-0.3, -0.25) is 0 Å². The van der Waals surface area contributed by atoms with E-state index in [4.69, 9.17) is 9.47 Å². The lowest BCUT2D eigenvalue weighted by molar-refractivity contribution is 0.0192. The number of anilines is 1. The fourth-order valence-corrected chi connectivity index (χ4v) is 3.79. The van der Waals surface area contributed by atoms with E-state index in [-0.39, 0.29) is 12.1 Å². The average molecular weight is 332 g/mol. The summed E-state index contributed by atoms with van der Waals surface area (Å²) in [6.07, 6.45) is 0.775. The molecule has 2 aliphatic rings. The zero-order valence-corrected chi connectivity index (χ0v) is 15.3. The minimum absolute atomic E-state index is 0.204. The quantitative estimate of drug-likeness (QED) is 0.834. The summed E-state index contributed by atoms with van der Waals surface area (Å²) in [5, 5.41) is 0. The van der Waals surface area contributed by atoms with E-state index >= 15 is 0 Å². The van der Waals surface area contributed by atoms with E-state index < -0.39 is 5.60 Å². The Balaban J connectivity index is 1.76. The first-order valence-electron chi connectivity index (χ1n) is 8.65. The van der Waals surface area contributed by atoms with Crippen LogP contribution < -0.4 is 4.90 Å². The standard InChI is InChI=1S/C19H28N2O3/c1-13-10-20(18(22)24-19(2,3)4)11-16-9-15-7-6-14(12-23-5)8-17(15)21(13)16/h6-8,13,16H,9-12H2,1-5H3/t13-,16-/m1/s1. The van der Waals surface area contributed by atoms with Gasteiger partial charge in [-0.05, 0) is 51.3 Å². The van der Waals surface area contributed by atoms with Crippen molar-refractivity contribution >= 4 is 11.8 Å². The number of rotatable bonds is 2. The van der Waals surface area contributed by atoms with Crippen molar-refractivity contribution in [2.45, 2.75) is 58.4 Å². The second-order valence-corrected chi connectivity index (χ2v) is 7.90. The van der Waals surface area contributed by atoms with Crippen molar-refractivity contribution in [3.63, 3.8) is 0 Å². The summed E-state index contributed by atoms with van der Waals surface area (Å²) in [4.78, 5) is 16.8. The van der Waals surface area contributed by atoms with E-state index in [1.54, 1.807) is 7.11 Å². The van der Waals surface area contributed by atoms with Crippen LogP contribution in [0.1, 0.15) is 38.8 Å². The lowest BCUT2D eigenvalue weighted by Gasteiger charge is -2.44. The third-order valence-electron chi connectivity index (χ3n) is 4.63. The molecule has 0 N–H and O–H groups in total. The van der Waals surface area contributed by atoms with Gasteiger partial charge in [0.05, 0.1) is 12.6 Å². The van der Waals surface area contributed by atoms with Gasteiger partial charge >= 0.3 is 6.09 Å². The van der Waals surface area contributed by atoms with Gasteiger partial charge in [-0.25, -0.2) is 4.79 Å². The second-order valence-electron chi connectivity index (χ2n) is 7.90. The molecule has 0 unspecified atom stereocenters. The molecule has 1 amide bonds. The molecule has 1 fully saturated rings. The molecular formula is C19H28N2O3. The molecule has 132 valence electrons. The van der Waals surface area contributed by atoms with Crippen molar-refractivity contribution in [3.05, 3.63) is 29.3 Å². The van der Waals surface area contributed by atoms with Gasteiger partial charge in [-0.1, -0.05) is 12.1 Å². The zero-order valence-electron chi connectivity index (χ0n) is 15.3. The molecule has 1 aromatic rings. The highest BCUT2D eigenvalue weighted by Crippen LogP contribution is 2.37.